The average molecular weight is 757 g/mol. The van der Waals surface area contributed by atoms with E-state index in [0.29, 0.717) is 0 Å². The van der Waals surface area contributed by atoms with Crippen molar-refractivity contribution in [3.05, 3.63) is 153 Å². The fourth-order valence-electron chi connectivity index (χ4n) is 3.17. The van der Waals surface area contributed by atoms with Crippen molar-refractivity contribution < 1.29 is 0 Å². The lowest BCUT2D eigenvalue weighted by atomic mass is 10.2. The molecule has 6 aromatic heterocycles. The van der Waals surface area contributed by atoms with Gasteiger partial charge in [0.2, 0.25) is 0 Å². The van der Waals surface area contributed by atoms with Crippen molar-refractivity contribution >= 4 is 0 Å². The van der Waals surface area contributed by atoms with E-state index in [0.717, 1.165) is 39.7 Å². The van der Waals surface area contributed by atoms with Crippen molar-refractivity contribution in [1.29, 1.82) is 0 Å². The zero-order chi connectivity index (χ0) is 36.8. The van der Waals surface area contributed by atoms with Crippen LogP contribution in [-0.4, -0.2) is 50.3 Å². The van der Waals surface area contributed by atoms with E-state index < -0.39 is 0 Å². The molecule has 6 aromatic rings. The molecule has 6 heterocycles. The molecule has 0 fully saturated rings. The highest BCUT2D eigenvalue weighted by Crippen LogP contribution is 2.05. The van der Waals surface area contributed by atoms with E-state index in [2.05, 4.69) is 84.1 Å². The van der Waals surface area contributed by atoms with Crippen LogP contribution in [0.1, 0.15) is 118 Å². The monoisotopic (exact) mass is 757 g/mol. The summed E-state index contributed by atoms with van der Waals surface area (Å²) >= 11 is 0. The largest absolute Gasteiger partial charge is 0.264 e. The van der Waals surface area contributed by atoms with Crippen LogP contribution in [-0.2, 0) is 0 Å². The Morgan fingerprint density at radius 2 is 0.818 bits per heavy atom. The summed E-state index contributed by atoms with van der Waals surface area (Å²) in [6, 6.07) is 7.96. The summed E-state index contributed by atoms with van der Waals surface area (Å²) in [5.41, 5.74) is 14.8. The van der Waals surface area contributed by atoms with Crippen LogP contribution in [0.15, 0.2) is 80.2 Å². The minimum absolute atomic E-state index is 0. The molecule has 0 amide bonds. The summed E-state index contributed by atoms with van der Waals surface area (Å²) in [5, 5.41) is 15.2. The SMILES string of the molecule is C.C.C.C.C.C.Cc1cccnc1C.Cc1ccncc1C.Cc1ccnnc1C.Cc1cncnc1C.Cc1cnnc(C)c1C.Cc1nccnc1C. The Morgan fingerprint density at radius 1 is 0.327 bits per heavy atom. The molecular weight excluding hydrogens is 681 g/mol. The Kier molecular flexibility index (Phi) is 38.5. The zero-order valence-electron chi connectivity index (χ0n) is 31.5. The van der Waals surface area contributed by atoms with Crippen molar-refractivity contribution in [2.45, 2.75) is 135 Å². The van der Waals surface area contributed by atoms with Gasteiger partial charge in [0.05, 0.1) is 29.0 Å². The number of rotatable bonds is 0. The van der Waals surface area contributed by atoms with Gasteiger partial charge in [0, 0.05) is 54.8 Å². The van der Waals surface area contributed by atoms with Gasteiger partial charge in [-0.3, -0.25) is 19.9 Å². The van der Waals surface area contributed by atoms with E-state index in [-0.39, 0.29) is 44.6 Å². The van der Waals surface area contributed by atoms with Gasteiger partial charge in [-0.25, -0.2) is 9.97 Å². The molecule has 0 aliphatic carbocycles. The molecule has 6 rings (SSSR count). The standard InChI is InChI=1S/C7H10N2.2C7H9N.3C6H8N2.6CH4/c1-5-4-8-9-7(3)6(5)2;1-6-3-4-8-5-7(6)2;1-6-4-3-5-8-7(6)2;1-5-3-7-4-8-6(5)2;1-5-6(2)8-4-3-7-5;1-5-3-4-7-8-6(5)2;;;;;;/h4H,1-3H3;2*3-5H,1-2H3;3*3-4H,1-2H3;6*1H4. The number of pyridine rings is 2. The van der Waals surface area contributed by atoms with Gasteiger partial charge >= 0.3 is 0 Å². The van der Waals surface area contributed by atoms with E-state index in [9.17, 15) is 0 Å². The molecule has 0 atom stereocenters. The molecule has 0 aliphatic rings. The van der Waals surface area contributed by atoms with Crippen LogP contribution in [0.3, 0.4) is 0 Å². The maximum atomic E-state index is 4.08. The Balaban J connectivity index is -0.000000128. The van der Waals surface area contributed by atoms with Crippen LogP contribution in [0.2, 0.25) is 0 Å². The second-order valence-corrected chi connectivity index (χ2v) is 11.4. The molecule has 306 valence electrons. The molecular formula is C45H76N10. The molecule has 0 bridgehead atoms. The summed E-state index contributed by atoms with van der Waals surface area (Å²) in [6.07, 6.45) is 15.7. The normalized spacial score (nSPS) is 8.31. The van der Waals surface area contributed by atoms with Gasteiger partial charge in [-0.05, 0) is 147 Å². The number of aryl methyl sites for hydroxylation is 12. The van der Waals surface area contributed by atoms with Gasteiger partial charge in [-0.15, -0.1) is 0 Å². The molecule has 55 heavy (non-hydrogen) atoms. The van der Waals surface area contributed by atoms with Crippen molar-refractivity contribution in [1.82, 2.24) is 50.3 Å². The second-order valence-electron chi connectivity index (χ2n) is 11.4. The first-order valence-corrected chi connectivity index (χ1v) is 16.0. The Labute approximate surface area is 337 Å². The highest BCUT2D eigenvalue weighted by atomic mass is 15.1. The van der Waals surface area contributed by atoms with Gasteiger partial charge in [-0.1, -0.05) is 50.6 Å². The Bertz CT molecular complexity index is 1450. The third-order valence-corrected chi connectivity index (χ3v) is 7.62. The summed E-state index contributed by atoms with van der Waals surface area (Å²) in [4.78, 5) is 23.9. The van der Waals surface area contributed by atoms with Crippen molar-refractivity contribution in [3.8, 4) is 0 Å². The van der Waals surface area contributed by atoms with Crippen LogP contribution in [0.5, 0.6) is 0 Å². The van der Waals surface area contributed by atoms with Crippen LogP contribution < -0.4 is 0 Å². The predicted octanol–water partition coefficient (Wildman–Crippen LogP) is 11.9. The Hall–Kier alpha value is -5.38. The summed E-state index contributed by atoms with van der Waals surface area (Å²) < 4.78 is 0. The van der Waals surface area contributed by atoms with E-state index in [1.54, 1.807) is 31.1 Å². The fourth-order valence-corrected chi connectivity index (χ4v) is 3.17. The van der Waals surface area contributed by atoms with Gasteiger partial charge in [0.25, 0.3) is 0 Å². The topological polar surface area (TPSA) is 129 Å². The lowest BCUT2D eigenvalue weighted by molar-refractivity contribution is 0.944. The van der Waals surface area contributed by atoms with Gasteiger partial charge in [0.15, 0.2) is 0 Å². The van der Waals surface area contributed by atoms with E-state index in [1.807, 2.05) is 105 Å². The number of hydrogen-bond acceptors (Lipinski definition) is 10. The van der Waals surface area contributed by atoms with Crippen molar-refractivity contribution in [2.75, 3.05) is 0 Å². The maximum Gasteiger partial charge on any atom is 0.115 e. The minimum atomic E-state index is 0. The van der Waals surface area contributed by atoms with Gasteiger partial charge in [-0.2, -0.15) is 20.4 Å². The molecule has 10 heteroatoms. The lowest BCUT2D eigenvalue weighted by Gasteiger charge is -1.98. The molecule has 10 nitrogen and oxygen atoms in total. The molecule has 0 radical (unpaired) electrons. The maximum absolute atomic E-state index is 4.08. The third-order valence-electron chi connectivity index (χ3n) is 7.62. The Morgan fingerprint density at radius 3 is 1.15 bits per heavy atom. The number of aromatic nitrogens is 10. The lowest BCUT2D eigenvalue weighted by Crippen LogP contribution is -1.92. The molecule has 0 N–H and O–H groups in total. The smallest absolute Gasteiger partial charge is 0.115 e. The predicted molar refractivity (Wildman–Crippen MR) is 239 cm³/mol. The van der Waals surface area contributed by atoms with Crippen LogP contribution in [0.4, 0.5) is 0 Å². The first-order chi connectivity index (χ1) is 23.2. The summed E-state index contributed by atoms with van der Waals surface area (Å²) in [5.74, 6) is 0. The van der Waals surface area contributed by atoms with Crippen LogP contribution >= 0.6 is 0 Å². The van der Waals surface area contributed by atoms with Crippen molar-refractivity contribution in [3.63, 3.8) is 0 Å². The van der Waals surface area contributed by atoms with Crippen LogP contribution in [0, 0.1) is 90.0 Å². The fraction of sp³-hybridized carbons (Fsp3) is 0.422. The molecule has 0 aliphatic heterocycles. The summed E-state index contributed by atoms with van der Waals surface area (Å²) in [6.45, 7) is 26.1. The van der Waals surface area contributed by atoms with Gasteiger partial charge < -0.3 is 0 Å². The van der Waals surface area contributed by atoms with Crippen molar-refractivity contribution in [2.24, 2.45) is 0 Å². The molecule has 0 unspecified atom stereocenters. The van der Waals surface area contributed by atoms with E-state index in [4.69, 9.17) is 0 Å². The average Bonchev–Trinajstić information content (AvgIpc) is 3.08. The summed E-state index contributed by atoms with van der Waals surface area (Å²) in [7, 11) is 0. The molecule has 0 saturated carbocycles. The zero-order valence-corrected chi connectivity index (χ0v) is 31.5. The quantitative estimate of drug-likeness (QED) is 0.148. The number of hydrogen-bond donors (Lipinski definition) is 0. The first kappa shape index (κ1) is 61.6. The highest BCUT2D eigenvalue weighted by molar-refractivity contribution is 5.23. The number of nitrogens with zero attached hydrogens (tertiary/aromatic N) is 10. The molecule has 0 saturated heterocycles. The second kappa shape index (κ2) is 34.4. The minimum Gasteiger partial charge on any atom is -0.264 e. The highest BCUT2D eigenvalue weighted by Gasteiger charge is 1.95. The first-order valence-electron chi connectivity index (χ1n) is 16.0. The van der Waals surface area contributed by atoms with Gasteiger partial charge in [0.1, 0.15) is 6.33 Å². The molecule has 0 spiro atoms. The van der Waals surface area contributed by atoms with E-state index >= 15 is 0 Å². The van der Waals surface area contributed by atoms with E-state index in [1.165, 1.54) is 33.4 Å². The van der Waals surface area contributed by atoms with Crippen LogP contribution in [0.25, 0.3) is 0 Å². The third kappa shape index (κ3) is 26.1. The molecule has 0 aromatic carbocycles.